The number of terminal acetylenes is 1. The Labute approximate surface area is 112 Å². The van der Waals surface area contributed by atoms with E-state index in [1.165, 1.54) is 7.11 Å². The third-order valence-electron chi connectivity index (χ3n) is 3.29. The summed E-state index contributed by atoms with van der Waals surface area (Å²) < 4.78 is 4.69. The van der Waals surface area contributed by atoms with Gasteiger partial charge in [-0.25, -0.2) is 4.79 Å². The first kappa shape index (κ1) is 13.2. The van der Waals surface area contributed by atoms with Crippen molar-refractivity contribution in [3.8, 4) is 12.3 Å². The van der Waals surface area contributed by atoms with Crippen molar-refractivity contribution in [3.05, 3.63) is 29.3 Å². The smallest absolute Gasteiger partial charge is 0.338 e. The highest BCUT2D eigenvalue weighted by Crippen LogP contribution is 2.26. The zero-order chi connectivity index (χ0) is 14.0. The van der Waals surface area contributed by atoms with E-state index in [0.29, 0.717) is 18.5 Å². The number of hydrogen-bond donors (Lipinski definition) is 0. The van der Waals surface area contributed by atoms with E-state index in [0.717, 1.165) is 11.3 Å². The lowest BCUT2D eigenvalue weighted by atomic mass is 10.1. The second-order valence-corrected chi connectivity index (χ2v) is 4.56. The van der Waals surface area contributed by atoms with E-state index in [9.17, 15) is 9.59 Å². The van der Waals surface area contributed by atoms with Crippen LogP contribution in [0.4, 0.5) is 5.69 Å². The normalized spacial score (nSPS) is 18.3. The molecule has 0 radical (unpaired) electrons. The molecule has 19 heavy (non-hydrogen) atoms. The van der Waals surface area contributed by atoms with Gasteiger partial charge in [-0.3, -0.25) is 4.79 Å². The quantitative estimate of drug-likeness (QED) is 0.599. The molecule has 4 heteroatoms. The molecule has 1 aliphatic heterocycles. The molecular formula is C15H15NO3. The van der Waals surface area contributed by atoms with Crippen LogP contribution < -0.4 is 4.90 Å². The molecule has 1 saturated heterocycles. The molecule has 2 rings (SSSR count). The lowest BCUT2D eigenvalue weighted by Gasteiger charge is -2.17. The van der Waals surface area contributed by atoms with Gasteiger partial charge in [-0.15, -0.1) is 12.3 Å². The van der Waals surface area contributed by atoms with E-state index in [1.54, 1.807) is 17.0 Å². The number of methoxy groups -OCH3 is 1. The van der Waals surface area contributed by atoms with Crippen molar-refractivity contribution in [2.24, 2.45) is 5.92 Å². The Morgan fingerprint density at radius 1 is 1.53 bits per heavy atom. The molecule has 98 valence electrons. The van der Waals surface area contributed by atoms with Crippen molar-refractivity contribution < 1.29 is 14.3 Å². The summed E-state index contributed by atoms with van der Waals surface area (Å²) in [4.78, 5) is 25.0. The molecular weight excluding hydrogens is 242 g/mol. The van der Waals surface area contributed by atoms with Crippen LogP contribution in [0.25, 0.3) is 0 Å². The number of aryl methyl sites for hydroxylation is 1. The number of esters is 1. The average molecular weight is 257 g/mol. The summed E-state index contributed by atoms with van der Waals surface area (Å²) in [7, 11) is 1.34. The minimum absolute atomic E-state index is 0.0215. The van der Waals surface area contributed by atoms with Gasteiger partial charge in [-0.1, -0.05) is 0 Å². The van der Waals surface area contributed by atoms with Crippen LogP contribution >= 0.6 is 0 Å². The molecule has 1 unspecified atom stereocenters. The average Bonchev–Trinajstić information content (AvgIpc) is 2.79. The molecule has 1 aromatic carbocycles. The van der Waals surface area contributed by atoms with Gasteiger partial charge in [0.05, 0.1) is 12.7 Å². The van der Waals surface area contributed by atoms with Gasteiger partial charge in [0.2, 0.25) is 5.91 Å². The maximum absolute atomic E-state index is 11.9. The summed E-state index contributed by atoms with van der Waals surface area (Å²) in [6.45, 7) is 2.35. The Balaban J connectivity index is 2.28. The minimum atomic E-state index is -0.377. The van der Waals surface area contributed by atoms with Crippen molar-refractivity contribution >= 4 is 17.6 Å². The van der Waals surface area contributed by atoms with Gasteiger partial charge in [0.1, 0.15) is 0 Å². The Hall–Kier alpha value is -2.28. The number of ether oxygens (including phenoxy) is 1. The van der Waals surface area contributed by atoms with Crippen LogP contribution in [0.1, 0.15) is 22.3 Å². The van der Waals surface area contributed by atoms with E-state index >= 15 is 0 Å². The molecule has 0 N–H and O–H groups in total. The van der Waals surface area contributed by atoms with Gasteiger partial charge < -0.3 is 9.64 Å². The number of carbonyl (C=O) groups excluding carboxylic acids is 2. The van der Waals surface area contributed by atoms with Crippen molar-refractivity contribution in [3.63, 3.8) is 0 Å². The molecule has 1 aromatic rings. The van der Waals surface area contributed by atoms with E-state index in [2.05, 4.69) is 5.92 Å². The highest BCUT2D eigenvalue weighted by atomic mass is 16.5. The molecule has 1 heterocycles. The van der Waals surface area contributed by atoms with Crippen molar-refractivity contribution in [2.45, 2.75) is 13.3 Å². The van der Waals surface area contributed by atoms with Crippen LogP contribution in [0.3, 0.4) is 0 Å². The second-order valence-electron chi connectivity index (χ2n) is 4.56. The molecule has 0 saturated carbocycles. The maximum atomic E-state index is 11.9. The van der Waals surface area contributed by atoms with Gasteiger partial charge in [-0.05, 0) is 30.7 Å². The molecule has 1 aliphatic rings. The number of benzene rings is 1. The lowest BCUT2D eigenvalue weighted by molar-refractivity contribution is -0.117. The highest BCUT2D eigenvalue weighted by molar-refractivity contribution is 5.97. The summed E-state index contributed by atoms with van der Waals surface area (Å²) in [5.74, 6) is 2.22. The highest BCUT2D eigenvalue weighted by Gasteiger charge is 2.29. The van der Waals surface area contributed by atoms with E-state index < -0.39 is 0 Å². The largest absolute Gasteiger partial charge is 0.465 e. The lowest BCUT2D eigenvalue weighted by Crippen LogP contribution is -2.24. The van der Waals surface area contributed by atoms with Crippen LogP contribution in [-0.4, -0.2) is 25.5 Å². The SMILES string of the molecule is C#CC1CC(=O)N(c2ccc(C(=O)OC)c(C)c2)C1. The molecule has 4 nitrogen and oxygen atoms in total. The number of carbonyl (C=O) groups is 2. The molecule has 1 amide bonds. The van der Waals surface area contributed by atoms with Crippen LogP contribution in [0, 0.1) is 25.2 Å². The van der Waals surface area contributed by atoms with Gasteiger partial charge in [0.15, 0.2) is 0 Å². The summed E-state index contributed by atoms with van der Waals surface area (Å²) in [5.41, 5.74) is 2.06. The molecule has 0 spiro atoms. The number of amides is 1. The summed E-state index contributed by atoms with van der Waals surface area (Å²) in [6, 6.07) is 5.23. The van der Waals surface area contributed by atoms with E-state index in [4.69, 9.17) is 11.2 Å². The van der Waals surface area contributed by atoms with Gasteiger partial charge in [-0.2, -0.15) is 0 Å². The van der Waals surface area contributed by atoms with Crippen LogP contribution in [-0.2, 0) is 9.53 Å². The molecule has 0 aromatic heterocycles. The predicted octanol–water partition coefficient (Wildman–Crippen LogP) is 1.77. The second kappa shape index (κ2) is 5.15. The summed E-state index contributed by atoms with van der Waals surface area (Å²) in [6.07, 6.45) is 5.74. The maximum Gasteiger partial charge on any atom is 0.338 e. The fourth-order valence-electron chi connectivity index (χ4n) is 2.22. The monoisotopic (exact) mass is 257 g/mol. The van der Waals surface area contributed by atoms with Gasteiger partial charge >= 0.3 is 5.97 Å². The van der Waals surface area contributed by atoms with Crippen LogP contribution in [0.5, 0.6) is 0 Å². The van der Waals surface area contributed by atoms with Crippen LogP contribution in [0.2, 0.25) is 0 Å². The third-order valence-corrected chi connectivity index (χ3v) is 3.29. The predicted molar refractivity (Wildman–Crippen MR) is 71.8 cm³/mol. The Kier molecular flexibility index (Phi) is 3.57. The summed E-state index contributed by atoms with van der Waals surface area (Å²) >= 11 is 0. The van der Waals surface area contributed by atoms with Gasteiger partial charge in [0, 0.05) is 24.6 Å². The first-order valence-electron chi connectivity index (χ1n) is 6.02. The van der Waals surface area contributed by atoms with Crippen LogP contribution in [0.15, 0.2) is 18.2 Å². The number of nitrogens with zero attached hydrogens (tertiary/aromatic N) is 1. The van der Waals surface area contributed by atoms with Crippen molar-refractivity contribution in [2.75, 3.05) is 18.6 Å². The third kappa shape index (κ3) is 2.45. The molecule has 1 atom stereocenters. The first-order chi connectivity index (χ1) is 9.06. The fraction of sp³-hybridized carbons (Fsp3) is 0.333. The molecule has 1 fully saturated rings. The standard InChI is InChI=1S/C15H15NO3/c1-4-11-8-14(17)16(9-11)12-5-6-13(10(2)7-12)15(18)19-3/h1,5-7,11H,8-9H2,2-3H3. The van der Waals surface area contributed by atoms with E-state index in [-0.39, 0.29) is 17.8 Å². The van der Waals surface area contributed by atoms with Crippen molar-refractivity contribution in [1.82, 2.24) is 0 Å². The number of anilines is 1. The van der Waals surface area contributed by atoms with E-state index in [1.807, 2.05) is 13.0 Å². The molecule has 0 aliphatic carbocycles. The van der Waals surface area contributed by atoms with Gasteiger partial charge in [0.25, 0.3) is 0 Å². The number of rotatable bonds is 2. The number of hydrogen-bond acceptors (Lipinski definition) is 3. The Morgan fingerprint density at radius 3 is 2.79 bits per heavy atom. The zero-order valence-electron chi connectivity index (χ0n) is 11.0. The fourth-order valence-corrected chi connectivity index (χ4v) is 2.22. The first-order valence-corrected chi connectivity index (χ1v) is 6.02. The summed E-state index contributed by atoms with van der Waals surface area (Å²) in [5, 5.41) is 0. The zero-order valence-corrected chi connectivity index (χ0v) is 11.0. The Morgan fingerprint density at radius 2 is 2.26 bits per heavy atom. The Bertz CT molecular complexity index is 571. The molecule has 0 bridgehead atoms. The topological polar surface area (TPSA) is 46.6 Å². The minimum Gasteiger partial charge on any atom is -0.465 e. The van der Waals surface area contributed by atoms with Crippen molar-refractivity contribution in [1.29, 1.82) is 0 Å².